The number of benzene rings is 2. The summed E-state index contributed by atoms with van der Waals surface area (Å²) in [6.07, 6.45) is 1.75. The van der Waals surface area contributed by atoms with Crippen molar-refractivity contribution in [3.8, 4) is 5.69 Å². The molecule has 0 amide bonds. The molecular weight excluding hydrogens is 274 g/mol. The molecule has 0 unspecified atom stereocenters. The number of anilines is 1. The van der Waals surface area contributed by atoms with Crippen molar-refractivity contribution in [3.05, 3.63) is 65.1 Å². The van der Waals surface area contributed by atoms with Gasteiger partial charge in [0.1, 0.15) is 0 Å². The Bertz CT molecular complexity index is 836. The molecule has 0 aliphatic carbocycles. The molecule has 0 aliphatic heterocycles. The molecule has 2 aromatic carbocycles. The van der Waals surface area contributed by atoms with E-state index in [4.69, 9.17) is 0 Å². The minimum atomic E-state index is -0.0855. The maximum atomic E-state index is 12.8. The Kier molecular flexibility index (Phi) is 3.92. The molecule has 0 bridgehead atoms. The molecule has 0 N–H and O–H groups in total. The van der Waals surface area contributed by atoms with E-state index < -0.39 is 0 Å². The summed E-state index contributed by atoms with van der Waals surface area (Å²) < 4.78 is 1.45. The number of hydrogen-bond acceptors (Lipinski definition) is 3. The molecule has 1 heterocycles. The third-order valence-corrected chi connectivity index (χ3v) is 3.90. The van der Waals surface area contributed by atoms with Gasteiger partial charge in [0, 0.05) is 24.2 Å². The zero-order valence-corrected chi connectivity index (χ0v) is 12.9. The van der Waals surface area contributed by atoms with Gasteiger partial charge in [-0.15, -0.1) is 0 Å². The molecule has 0 fully saturated rings. The van der Waals surface area contributed by atoms with Crippen molar-refractivity contribution in [1.82, 2.24) is 9.78 Å². The first-order valence-electron chi connectivity index (χ1n) is 7.57. The normalized spacial score (nSPS) is 10.8. The van der Waals surface area contributed by atoms with Gasteiger partial charge in [0.05, 0.1) is 17.3 Å². The fourth-order valence-corrected chi connectivity index (χ4v) is 2.67. The summed E-state index contributed by atoms with van der Waals surface area (Å²) in [5, 5.41) is 5.85. The lowest BCUT2D eigenvalue weighted by Crippen LogP contribution is -2.23. The highest BCUT2D eigenvalue weighted by Crippen LogP contribution is 2.19. The van der Waals surface area contributed by atoms with Crippen molar-refractivity contribution in [3.63, 3.8) is 0 Å². The zero-order chi connectivity index (χ0) is 15.5. The first-order chi connectivity index (χ1) is 10.7. The van der Waals surface area contributed by atoms with Gasteiger partial charge in [-0.25, -0.2) is 0 Å². The highest BCUT2D eigenvalue weighted by molar-refractivity contribution is 5.84. The lowest BCUT2D eigenvalue weighted by molar-refractivity contribution is 0.820. The average molecular weight is 293 g/mol. The largest absolute Gasteiger partial charge is 0.372 e. The van der Waals surface area contributed by atoms with Crippen LogP contribution < -0.4 is 10.5 Å². The van der Waals surface area contributed by atoms with E-state index in [0.717, 1.165) is 29.9 Å². The quantitative estimate of drug-likeness (QED) is 0.741. The molecule has 0 atom stereocenters. The van der Waals surface area contributed by atoms with Crippen molar-refractivity contribution in [1.29, 1.82) is 0 Å². The van der Waals surface area contributed by atoms with E-state index in [1.807, 2.05) is 48.5 Å². The molecule has 112 valence electrons. The predicted octanol–water partition coefficient (Wildman–Crippen LogP) is 3.23. The predicted molar refractivity (Wildman–Crippen MR) is 90.9 cm³/mol. The summed E-state index contributed by atoms with van der Waals surface area (Å²) in [6, 6.07) is 15.5. The maximum Gasteiger partial charge on any atom is 0.279 e. The Hall–Kier alpha value is -2.62. The van der Waals surface area contributed by atoms with Crippen LogP contribution in [-0.2, 0) is 0 Å². The lowest BCUT2D eigenvalue weighted by atomic mass is 10.1. The molecular formula is C18H19N3O. The number of para-hydroxylation sites is 1. The van der Waals surface area contributed by atoms with Gasteiger partial charge < -0.3 is 4.90 Å². The van der Waals surface area contributed by atoms with E-state index >= 15 is 0 Å². The van der Waals surface area contributed by atoms with E-state index in [0.29, 0.717) is 5.39 Å². The van der Waals surface area contributed by atoms with Crippen LogP contribution in [0, 0.1) is 0 Å². The summed E-state index contributed by atoms with van der Waals surface area (Å²) in [6.45, 7) is 6.06. The fourth-order valence-electron chi connectivity index (χ4n) is 2.67. The summed E-state index contributed by atoms with van der Waals surface area (Å²) in [5.74, 6) is 0. The van der Waals surface area contributed by atoms with E-state index in [-0.39, 0.29) is 5.56 Å². The van der Waals surface area contributed by atoms with Crippen molar-refractivity contribution >= 4 is 16.5 Å². The van der Waals surface area contributed by atoms with Gasteiger partial charge in [-0.2, -0.15) is 9.78 Å². The van der Waals surface area contributed by atoms with Crippen LogP contribution in [0.1, 0.15) is 13.8 Å². The summed E-state index contributed by atoms with van der Waals surface area (Å²) in [5.41, 5.74) is 1.76. The number of fused-ring (bicyclic) bond motifs is 1. The van der Waals surface area contributed by atoms with Gasteiger partial charge in [-0.3, -0.25) is 4.79 Å². The van der Waals surface area contributed by atoms with Gasteiger partial charge >= 0.3 is 0 Å². The molecule has 4 heteroatoms. The zero-order valence-electron chi connectivity index (χ0n) is 12.9. The first kappa shape index (κ1) is 14.3. The summed E-state index contributed by atoms with van der Waals surface area (Å²) in [7, 11) is 0. The second-order valence-corrected chi connectivity index (χ2v) is 5.14. The van der Waals surface area contributed by atoms with Gasteiger partial charge in [0.2, 0.25) is 0 Å². The van der Waals surface area contributed by atoms with Gasteiger partial charge in [0.15, 0.2) is 0 Å². The summed E-state index contributed by atoms with van der Waals surface area (Å²) >= 11 is 0. The van der Waals surface area contributed by atoms with Gasteiger partial charge in [0.25, 0.3) is 5.56 Å². The minimum absolute atomic E-state index is 0.0855. The second-order valence-electron chi connectivity index (χ2n) is 5.14. The molecule has 0 saturated heterocycles. The Morgan fingerprint density at radius 3 is 2.45 bits per heavy atom. The minimum Gasteiger partial charge on any atom is -0.372 e. The highest BCUT2D eigenvalue weighted by Gasteiger charge is 2.09. The topological polar surface area (TPSA) is 38.1 Å². The molecule has 3 aromatic rings. The third kappa shape index (κ3) is 2.48. The fraction of sp³-hybridized carbons (Fsp3) is 0.222. The molecule has 0 aliphatic rings. The molecule has 22 heavy (non-hydrogen) atoms. The lowest BCUT2D eigenvalue weighted by Gasteiger charge is -2.21. The Morgan fingerprint density at radius 1 is 1.05 bits per heavy atom. The molecule has 1 aromatic heterocycles. The standard InChI is InChI=1S/C18H19N3O/c1-3-20(4-2)16-11-10-14-13-19-21(18(22)17(14)12-16)15-8-6-5-7-9-15/h5-13H,3-4H2,1-2H3. The van der Waals surface area contributed by atoms with Crippen LogP contribution in [-0.4, -0.2) is 22.9 Å². The molecule has 3 rings (SSSR count). The van der Waals surface area contributed by atoms with Crippen molar-refractivity contribution < 1.29 is 0 Å². The molecule has 4 nitrogen and oxygen atoms in total. The van der Waals surface area contributed by atoms with E-state index in [1.54, 1.807) is 6.20 Å². The van der Waals surface area contributed by atoms with Crippen LogP contribution in [0.2, 0.25) is 0 Å². The van der Waals surface area contributed by atoms with Crippen LogP contribution in [0.15, 0.2) is 59.5 Å². The third-order valence-electron chi connectivity index (χ3n) is 3.90. The number of aromatic nitrogens is 2. The van der Waals surface area contributed by atoms with Crippen molar-refractivity contribution in [2.75, 3.05) is 18.0 Å². The smallest absolute Gasteiger partial charge is 0.279 e. The Morgan fingerprint density at radius 2 is 1.77 bits per heavy atom. The Labute approximate surface area is 129 Å². The average Bonchev–Trinajstić information content (AvgIpc) is 2.57. The second kappa shape index (κ2) is 6.02. The molecule has 0 spiro atoms. The van der Waals surface area contributed by atoms with E-state index in [1.165, 1.54) is 4.68 Å². The van der Waals surface area contributed by atoms with Gasteiger partial charge in [-0.1, -0.05) is 24.3 Å². The molecule has 0 saturated carbocycles. The Balaban J connectivity index is 2.19. The summed E-state index contributed by atoms with van der Waals surface area (Å²) in [4.78, 5) is 15.0. The highest BCUT2D eigenvalue weighted by atomic mass is 16.1. The van der Waals surface area contributed by atoms with Crippen LogP contribution in [0.5, 0.6) is 0 Å². The number of rotatable bonds is 4. The number of nitrogens with zero attached hydrogens (tertiary/aromatic N) is 3. The number of hydrogen-bond donors (Lipinski definition) is 0. The van der Waals surface area contributed by atoms with Crippen molar-refractivity contribution in [2.45, 2.75) is 13.8 Å². The first-order valence-corrected chi connectivity index (χ1v) is 7.57. The van der Waals surface area contributed by atoms with Crippen LogP contribution in [0.3, 0.4) is 0 Å². The van der Waals surface area contributed by atoms with Gasteiger partial charge in [-0.05, 0) is 38.1 Å². The molecule has 0 radical (unpaired) electrons. The van der Waals surface area contributed by atoms with Crippen LogP contribution in [0.25, 0.3) is 16.5 Å². The van der Waals surface area contributed by atoms with E-state index in [2.05, 4.69) is 23.8 Å². The van der Waals surface area contributed by atoms with Crippen LogP contribution in [0.4, 0.5) is 5.69 Å². The van der Waals surface area contributed by atoms with Crippen molar-refractivity contribution in [2.24, 2.45) is 0 Å². The SMILES string of the molecule is CCN(CC)c1ccc2cnn(-c3ccccc3)c(=O)c2c1. The van der Waals surface area contributed by atoms with Crippen LogP contribution >= 0.6 is 0 Å². The monoisotopic (exact) mass is 293 g/mol. The van der Waals surface area contributed by atoms with E-state index in [9.17, 15) is 4.79 Å². The maximum absolute atomic E-state index is 12.8.